The van der Waals surface area contributed by atoms with Gasteiger partial charge in [-0.1, -0.05) is 30.3 Å². The summed E-state index contributed by atoms with van der Waals surface area (Å²) < 4.78 is 18.5. The van der Waals surface area contributed by atoms with E-state index in [9.17, 15) is 9.59 Å². The summed E-state index contributed by atoms with van der Waals surface area (Å²) in [5.41, 5.74) is 1.30. The van der Waals surface area contributed by atoms with E-state index in [4.69, 9.17) is 13.9 Å². The largest absolute Gasteiger partial charge is 0.497 e. The highest BCUT2D eigenvalue weighted by atomic mass is 16.5. The highest BCUT2D eigenvalue weighted by molar-refractivity contribution is 5.46. The van der Waals surface area contributed by atoms with Crippen LogP contribution in [0.5, 0.6) is 11.5 Å². The van der Waals surface area contributed by atoms with Crippen LogP contribution in [0.15, 0.2) is 99.3 Å². The summed E-state index contributed by atoms with van der Waals surface area (Å²) in [6.07, 6.45) is 3.30. The van der Waals surface area contributed by atoms with Crippen LogP contribution < -0.4 is 31.5 Å². The zero-order valence-electron chi connectivity index (χ0n) is 22.7. The van der Waals surface area contributed by atoms with Gasteiger partial charge in [0, 0.05) is 18.3 Å². The number of ether oxygens (including phenoxy) is 2. The highest BCUT2D eigenvalue weighted by Gasteiger charge is 2.15. The summed E-state index contributed by atoms with van der Waals surface area (Å²) in [5.74, 6) is 2.96. The number of pyridine rings is 1. The SMILES string of the molecule is COc1ccc(Cn2c(NCc3cccnc3NCc3ccco3)nc(=O)n(Cc3ccc(OC)cc3)c2=O)cc1. The summed E-state index contributed by atoms with van der Waals surface area (Å²) in [5, 5.41) is 6.45. The first-order valence-electron chi connectivity index (χ1n) is 13.0. The lowest BCUT2D eigenvalue weighted by atomic mass is 10.2. The van der Waals surface area contributed by atoms with Crippen molar-refractivity contribution < 1.29 is 13.9 Å². The third-order valence-electron chi connectivity index (χ3n) is 6.49. The Bertz CT molecular complexity index is 1690. The number of aromatic nitrogens is 4. The number of furan rings is 1. The Balaban J connectivity index is 1.44. The minimum atomic E-state index is -0.651. The predicted octanol–water partition coefficient (Wildman–Crippen LogP) is 3.73. The Labute approximate surface area is 236 Å². The number of nitrogens with one attached hydrogen (secondary N) is 2. The zero-order valence-corrected chi connectivity index (χ0v) is 22.7. The van der Waals surface area contributed by atoms with Crippen LogP contribution in [-0.4, -0.2) is 33.3 Å². The molecule has 11 heteroatoms. The van der Waals surface area contributed by atoms with Gasteiger partial charge in [0.15, 0.2) is 0 Å². The van der Waals surface area contributed by atoms with Crippen molar-refractivity contribution >= 4 is 11.8 Å². The topological polar surface area (TPSA) is 125 Å². The van der Waals surface area contributed by atoms with Crippen molar-refractivity contribution in [3.8, 4) is 11.5 Å². The Morgan fingerprint density at radius 1 is 0.780 bits per heavy atom. The van der Waals surface area contributed by atoms with Crippen LogP contribution in [0, 0.1) is 0 Å². The van der Waals surface area contributed by atoms with Crippen LogP contribution in [0.4, 0.5) is 11.8 Å². The molecule has 210 valence electrons. The van der Waals surface area contributed by atoms with Gasteiger partial charge < -0.3 is 24.5 Å². The van der Waals surface area contributed by atoms with Crippen molar-refractivity contribution in [2.24, 2.45) is 0 Å². The number of benzene rings is 2. The third kappa shape index (κ3) is 6.64. The van der Waals surface area contributed by atoms with Gasteiger partial charge in [0.1, 0.15) is 23.1 Å². The van der Waals surface area contributed by atoms with Gasteiger partial charge in [-0.25, -0.2) is 19.1 Å². The van der Waals surface area contributed by atoms with Gasteiger partial charge in [-0.2, -0.15) is 4.98 Å². The Hall–Kier alpha value is -5.32. The van der Waals surface area contributed by atoms with Crippen molar-refractivity contribution in [2.75, 3.05) is 24.9 Å². The van der Waals surface area contributed by atoms with Crippen LogP contribution in [-0.2, 0) is 26.2 Å². The Morgan fingerprint density at radius 3 is 2.05 bits per heavy atom. The molecule has 0 aliphatic heterocycles. The van der Waals surface area contributed by atoms with Crippen LogP contribution in [0.25, 0.3) is 0 Å². The monoisotopic (exact) mass is 554 g/mol. The van der Waals surface area contributed by atoms with Crippen molar-refractivity contribution in [2.45, 2.75) is 26.2 Å². The van der Waals surface area contributed by atoms with E-state index in [-0.39, 0.29) is 25.6 Å². The number of anilines is 2. The fourth-order valence-corrected chi connectivity index (χ4v) is 4.27. The van der Waals surface area contributed by atoms with Crippen molar-refractivity contribution in [3.63, 3.8) is 0 Å². The lowest BCUT2D eigenvalue weighted by Crippen LogP contribution is -2.43. The normalized spacial score (nSPS) is 10.8. The summed E-state index contributed by atoms with van der Waals surface area (Å²) in [7, 11) is 3.17. The number of methoxy groups -OCH3 is 2. The molecule has 5 rings (SSSR count). The molecule has 0 saturated heterocycles. The molecule has 41 heavy (non-hydrogen) atoms. The molecular weight excluding hydrogens is 524 g/mol. The maximum atomic E-state index is 13.7. The molecule has 0 saturated carbocycles. The van der Waals surface area contributed by atoms with Crippen molar-refractivity contribution in [3.05, 3.63) is 129 Å². The molecule has 3 heterocycles. The minimum absolute atomic E-state index is 0.0704. The molecule has 2 N–H and O–H groups in total. The van der Waals surface area contributed by atoms with Gasteiger partial charge >= 0.3 is 11.4 Å². The summed E-state index contributed by atoms with van der Waals surface area (Å²) in [6, 6.07) is 22.0. The quantitative estimate of drug-likeness (QED) is 0.237. The summed E-state index contributed by atoms with van der Waals surface area (Å²) in [6.45, 7) is 0.989. The van der Waals surface area contributed by atoms with Gasteiger partial charge in [-0.3, -0.25) is 4.57 Å². The Morgan fingerprint density at radius 2 is 1.44 bits per heavy atom. The lowest BCUT2D eigenvalue weighted by molar-refractivity contribution is 0.414. The molecule has 0 fully saturated rings. The average molecular weight is 555 g/mol. The molecule has 5 aromatic rings. The second-order valence-electron chi connectivity index (χ2n) is 9.17. The van der Waals surface area contributed by atoms with E-state index in [0.29, 0.717) is 23.9 Å². The first-order chi connectivity index (χ1) is 20.0. The number of nitrogens with zero attached hydrogens (tertiary/aromatic N) is 4. The molecule has 3 aromatic heterocycles. The fraction of sp³-hybridized carbons (Fsp3) is 0.200. The molecule has 2 aromatic carbocycles. The average Bonchev–Trinajstić information content (AvgIpc) is 3.53. The van der Waals surface area contributed by atoms with E-state index in [0.717, 1.165) is 27.0 Å². The van der Waals surface area contributed by atoms with Crippen LogP contribution in [0.2, 0.25) is 0 Å². The van der Waals surface area contributed by atoms with Crippen LogP contribution in [0.3, 0.4) is 0 Å². The molecule has 0 aliphatic rings. The van der Waals surface area contributed by atoms with E-state index >= 15 is 0 Å². The van der Waals surface area contributed by atoms with E-state index in [1.807, 2.05) is 60.7 Å². The van der Waals surface area contributed by atoms with Crippen LogP contribution in [0.1, 0.15) is 22.5 Å². The van der Waals surface area contributed by atoms with E-state index in [1.165, 1.54) is 4.57 Å². The molecule has 0 spiro atoms. The number of hydrogen-bond donors (Lipinski definition) is 2. The number of hydrogen-bond acceptors (Lipinski definition) is 9. The number of rotatable bonds is 12. The molecule has 0 bridgehead atoms. The highest BCUT2D eigenvalue weighted by Crippen LogP contribution is 2.17. The maximum Gasteiger partial charge on any atom is 0.355 e. The standard InChI is InChI=1S/C30H30N6O5/c1-39-24-11-7-21(8-12-24)19-35-28(33-17-23-5-3-15-31-27(23)32-18-26-6-4-16-41-26)34-29(37)36(30(35)38)20-22-9-13-25(40-2)14-10-22/h3-16H,17-20H2,1-2H3,(H,31,32)(H,33,34,37). The smallest absolute Gasteiger partial charge is 0.355 e. The molecule has 0 atom stereocenters. The molecule has 11 nitrogen and oxygen atoms in total. The van der Waals surface area contributed by atoms with Crippen LogP contribution >= 0.6 is 0 Å². The molecule has 0 aliphatic carbocycles. The molecule has 0 radical (unpaired) electrons. The van der Waals surface area contributed by atoms with Crippen molar-refractivity contribution in [1.29, 1.82) is 0 Å². The third-order valence-corrected chi connectivity index (χ3v) is 6.49. The minimum Gasteiger partial charge on any atom is -0.497 e. The van der Waals surface area contributed by atoms with Gasteiger partial charge in [0.25, 0.3) is 0 Å². The van der Waals surface area contributed by atoms with E-state index < -0.39 is 11.4 Å². The van der Waals surface area contributed by atoms with E-state index in [1.54, 1.807) is 38.8 Å². The molecule has 0 amide bonds. The van der Waals surface area contributed by atoms with Gasteiger partial charge in [-0.15, -0.1) is 0 Å². The molecular formula is C30H30N6O5. The molecule has 0 unspecified atom stereocenters. The van der Waals surface area contributed by atoms with Crippen molar-refractivity contribution in [1.82, 2.24) is 19.1 Å². The first kappa shape index (κ1) is 27.3. The maximum absolute atomic E-state index is 13.7. The second-order valence-corrected chi connectivity index (χ2v) is 9.17. The Kier molecular flexibility index (Phi) is 8.43. The summed E-state index contributed by atoms with van der Waals surface area (Å²) >= 11 is 0. The summed E-state index contributed by atoms with van der Waals surface area (Å²) in [4.78, 5) is 35.6. The van der Waals surface area contributed by atoms with Gasteiger partial charge in [0.05, 0.1) is 40.1 Å². The first-order valence-corrected chi connectivity index (χ1v) is 13.0. The van der Waals surface area contributed by atoms with E-state index in [2.05, 4.69) is 20.6 Å². The van der Waals surface area contributed by atoms with Gasteiger partial charge in [-0.05, 0) is 53.6 Å². The second kappa shape index (κ2) is 12.7. The predicted molar refractivity (Wildman–Crippen MR) is 155 cm³/mol. The fourth-order valence-electron chi connectivity index (χ4n) is 4.27. The zero-order chi connectivity index (χ0) is 28.6. The lowest BCUT2D eigenvalue weighted by Gasteiger charge is -2.17. The van der Waals surface area contributed by atoms with Gasteiger partial charge in [0.2, 0.25) is 5.95 Å².